The van der Waals surface area contributed by atoms with Crippen LogP contribution in [0.3, 0.4) is 0 Å². The summed E-state index contributed by atoms with van der Waals surface area (Å²) < 4.78 is 41.7. The second-order valence-electron chi connectivity index (χ2n) is 8.36. The molecule has 0 radical (unpaired) electrons. The molecule has 1 aliphatic rings. The highest BCUT2D eigenvalue weighted by Gasteiger charge is 2.29. The van der Waals surface area contributed by atoms with Gasteiger partial charge in [0.05, 0.1) is 4.90 Å². The first-order valence-electron chi connectivity index (χ1n) is 10.5. The Kier molecular flexibility index (Phi) is 7.30. The summed E-state index contributed by atoms with van der Waals surface area (Å²) in [4.78, 5) is 26.2. The van der Waals surface area contributed by atoms with Gasteiger partial charge < -0.3 is 10.2 Å². The maximum atomic E-state index is 13.1. The summed E-state index contributed by atoms with van der Waals surface area (Å²) in [7, 11) is -3.96. The zero-order valence-corrected chi connectivity index (χ0v) is 19.2. The minimum atomic E-state index is -3.96. The van der Waals surface area contributed by atoms with Crippen molar-refractivity contribution in [3.63, 3.8) is 0 Å². The number of anilines is 1. The van der Waals surface area contributed by atoms with Crippen LogP contribution in [-0.4, -0.2) is 32.8 Å². The molecule has 0 saturated carbocycles. The van der Waals surface area contributed by atoms with E-state index < -0.39 is 22.0 Å². The van der Waals surface area contributed by atoms with E-state index in [9.17, 15) is 22.4 Å². The van der Waals surface area contributed by atoms with E-state index in [4.69, 9.17) is 0 Å². The van der Waals surface area contributed by atoms with E-state index in [0.29, 0.717) is 30.6 Å². The summed E-state index contributed by atoms with van der Waals surface area (Å²) in [6.45, 7) is 5.96. The van der Waals surface area contributed by atoms with Gasteiger partial charge >= 0.3 is 0 Å². The van der Waals surface area contributed by atoms with Gasteiger partial charge in [-0.05, 0) is 60.2 Å². The topological polar surface area (TPSA) is 95.6 Å². The molecule has 0 aliphatic carbocycles. The lowest BCUT2D eigenvalue weighted by molar-refractivity contribution is -0.123. The molecule has 1 atom stereocenters. The summed E-state index contributed by atoms with van der Waals surface area (Å²) in [5.41, 5.74) is 2.20. The fourth-order valence-electron chi connectivity index (χ4n) is 3.72. The van der Waals surface area contributed by atoms with E-state index in [-0.39, 0.29) is 29.1 Å². The molecule has 2 N–H and O–H groups in total. The van der Waals surface area contributed by atoms with Crippen molar-refractivity contribution in [2.45, 2.75) is 51.1 Å². The van der Waals surface area contributed by atoms with Crippen LogP contribution < -0.4 is 14.9 Å². The third-order valence-corrected chi connectivity index (χ3v) is 6.81. The molecule has 172 valence electrons. The van der Waals surface area contributed by atoms with Crippen LogP contribution in [0.4, 0.5) is 10.1 Å². The number of benzene rings is 2. The first-order valence-corrected chi connectivity index (χ1v) is 12.0. The van der Waals surface area contributed by atoms with Gasteiger partial charge in [0.1, 0.15) is 11.9 Å². The quantitative estimate of drug-likeness (QED) is 0.632. The number of rotatable bonds is 8. The minimum absolute atomic E-state index is 0.0572. The number of hydrogen-bond acceptors (Lipinski definition) is 4. The molecule has 0 saturated heterocycles. The number of nitrogens with one attached hydrogen (secondary N) is 2. The summed E-state index contributed by atoms with van der Waals surface area (Å²) in [5, 5.41) is 2.73. The average Bonchev–Trinajstić information content (AvgIpc) is 3.16. The van der Waals surface area contributed by atoms with E-state index in [0.717, 1.165) is 5.56 Å². The number of halogens is 1. The predicted molar refractivity (Wildman–Crippen MR) is 120 cm³/mol. The Bertz CT molecular complexity index is 1100. The Hall–Kier alpha value is -2.78. The molecule has 1 aliphatic heterocycles. The smallest absolute Gasteiger partial charge is 0.241 e. The second-order valence-corrected chi connectivity index (χ2v) is 10.1. The van der Waals surface area contributed by atoms with Crippen molar-refractivity contribution in [2.24, 2.45) is 5.92 Å². The molecule has 32 heavy (non-hydrogen) atoms. The van der Waals surface area contributed by atoms with Gasteiger partial charge in [0.15, 0.2) is 0 Å². The maximum absolute atomic E-state index is 13.1. The minimum Gasteiger partial charge on any atom is -0.351 e. The van der Waals surface area contributed by atoms with E-state index in [2.05, 4.69) is 10.0 Å². The number of fused-ring (bicyclic) bond motifs is 1. The number of amides is 2. The summed E-state index contributed by atoms with van der Waals surface area (Å²) in [5.74, 6) is -0.836. The fraction of sp³-hybridized carbons (Fsp3) is 0.391. The molecule has 0 bridgehead atoms. The van der Waals surface area contributed by atoms with E-state index >= 15 is 0 Å². The molecule has 3 rings (SSSR count). The number of carbonyl (C=O) groups excluding carboxylic acids is 2. The third-order valence-electron chi connectivity index (χ3n) is 5.34. The first-order chi connectivity index (χ1) is 15.1. The Morgan fingerprint density at radius 3 is 2.44 bits per heavy atom. The van der Waals surface area contributed by atoms with E-state index in [1.54, 1.807) is 29.2 Å². The van der Waals surface area contributed by atoms with Gasteiger partial charge in [-0.3, -0.25) is 9.59 Å². The Morgan fingerprint density at radius 1 is 1.12 bits per heavy atom. The van der Waals surface area contributed by atoms with Crippen molar-refractivity contribution in [3.05, 3.63) is 59.4 Å². The van der Waals surface area contributed by atoms with Gasteiger partial charge in [-0.2, -0.15) is 4.72 Å². The Balaban J connectivity index is 1.74. The Morgan fingerprint density at radius 2 is 1.81 bits per heavy atom. The van der Waals surface area contributed by atoms with Crippen LogP contribution >= 0.6 is 0 Å². The van der Waals surface area contributed by atoms with Gasteiger partial charge in [0, 0.05) is 25.7 Å². The van der Waals surface area contributed by atoms with Gasteiger partial charge in [-0.25, -0.2) is 12.8 Å². The number of hydrogen-bond donors (Lipinski definition) is 2. The summed E-state index contributed by atoms with van der Waals surface area (Å²) in [6, 6.07) is 9.41. The monoisotopic (exact) mass is 461 g/mol. The lowest BCUT2D eigenvalue weighted by Gasteiger charge is -2.21. The molecule has 0 spiro atoms. The van der Waals surface area contributed by atoms with Crippen molar-refractivity contribution in [1.82, 2.24) is 10.0 Å². The molecule has 1 unspecified atom stereocenters. The largest absolute Gasteiger partial charge is 0.351 e. The molecule has 7 nitrogen and oxygen atoms in total. The van der Waals surface area contributed by atoms with Crippen LogP contribution in [0.5, 0.6) is 0 Å². The van der Waals surface area contributed by atoms with Gasteiger partial charge in [0.2, 0.25) is 21.8 Å². The fourth-order valence-corrected chi connectivity index (χ4v) is 4.98. The molecule has 9 heteroatoms. The van der Waals surface area contributed by atoms with Crippen molar-refractivity contribution in [2.75, 3.05) is 11.4 Å². The van der Waals surface area contributed by atoms with Crippen LogP contribution in [0.1, 0.15) is 38.3 Å². The highest BCUT2D eigenvalue weighted by Crippen LogP contribution is 2.30. The normalized spacial score (nSPS) is 14.3. The summed E-state index contributed by atoms with van der Waals surface area (Å²) >= 11 is 0. The standard InChI is InChI=1S/C23H28FN3O4S/c1-15(2)12-21(23(29)25-14-17-4-6-19(24)7-5-17)26-32(30,31)20-8-9-22-18(13-20)10-11-27(22)16(3)28/h4-9,13,15,21,26H,10-12,14H2,1-3H3,(H,25,29). The van der Waals surface area contributed by atoms with Crippen molar-refractivity contribution in [3.8, 4) is 0 Å². The SMILES string of the molecule is CC(=O)N1CCc2cc(S(=O)(=O)NC(CC(C)C)C(=O)NCc3ccc(F)cc3)ccc21. The van der Waals surface area contributed by atoms with Crippen LogP contribution in [0.2, 0.25) is 0 Å². The molecular formula is C23H28FN3O4S. The highest BCUT2D eigenvalue weighted by atomic mass is 32.2. The van der Waals surface area contributed by atoms with Crippen LogP contribution in [0.25, 0.3) is 0 Å². The molecule has 0 aromatic heterocycles. The zero-order chi connectivity index (χ0) is 23.5. The van der Waals surface area contributed by atoms with Crippen LogP contribution in [0.15, 0.2) is 47.4 Å². The van der Waals surface area contributed by atoms with Gasteiger partial charge in [-0.1, -0.05) is 26.0 Å². The second kappa shape index (κ2) is 9.79. The molecule has 2 aromatic rings. The third kappa shape index (κ3) is 5.72. The molecular weight excluding hydrogens is 433 g/mol. The van der Waals surface area contributed by atoms with Crippen molar-refractivity contribution < 1.29 is 22.4 Å². The first kappa shape index (κ1) is 23.9. The number of carbonyl (C=O) groups is 2. The highest BCUT2D eigenvalue weighted by molar-refractivity contribution is 7.89. The molecule has 1 heterocycles. The number of nitrogens with zero attached hydrogens (tertiary/aromatic N) is 1. The van der Waals surface area contributed by atoms with Gasteiger partial charge in [-0.15, -0.1) is 0 Å². The maximum Gasteiger partial charge on any atom is 0.241 e. The van der Waals surface area contributed by atoms with Crippen LogP contribution in [0, 0.1) is 11.7 Å². The van der Waals surface area contributed by atoms with E-state index in [1.807, 2.05) is 13.8 Å². The van der Waals surface area contributed by atoms with Gasteiger partial charge in [0.25, 0.3) is 0 Å². The average molecular weight is 462 g/mol. The summed E-state index contributed by atoms with van der Waals surface area (Å²) in [6.07, 6.45) is 0.892. The number of sulfonamides is 1. The van der Waals surface area contributed by atoms with Crippen LogP contribution in [-0.2, 0) is 32.6 Å². The molecule has 2 amide bonds. The Labute approximate surface area is 188 Å². The molecule has 0 fully saturated rings. The van der Waals surface area contributed by atoms with E-state index in [1.165, 1.54) is 25.1 Å². The molecule has 2 aromatic carbocycles. The van der Waals surface area contributed by atoms with Crippen molar-refractivity contribution >= 4 is 27.5 Å². The van der Waals surface area contributed by atoms with Crippen molar-refractivity contribution in [1.29, 1.82) is 0 Å². The lowest BCUT2D eigenvalue weighted by atomic mass is 10.0. The lowest BCUT2D eigenvalue weighted by Crippen LogP contribution is -2.47. The predicted octanol–water partition coefficient (Wildman–Crippen LogP) is 2.74. The zero-order valence-electron chi connectivity index (χ0n) is 18.4.